The lowest BCUT2D eigenvalue weighted by atomic mass is 9.88. The number of benzene rings is 1. The summed E-state index contributed by atoms with van der Waals surface area (Å²) in [5.41, 5.74) is 2.31. The number of nitrogens with zero attached hydrogens (tertiary/aromatic N) is 3. The second-order valence-electron chi connectivity index (χ2n) is 8.29. The number of thiophene rings is 1. The lowest BCUT2D eigenvalue weighted by molar-refractivity contribution is -0.113. The van der Waals surface area contributed by atoms with Gasteiger partial charge in [0.05, 0.1) is 31.1 Å². The molecule has 184 valence electrons. The zero-order valence-corrected chi connectivity index (χ0v) is 21.6. The van der Waals surface area contributed by atoms with Gasteiger partial charge in [0.2, 0.25) is 5.91 Å². The smallest absolute Gasteiger partial charge is 0.341 e. The number of hydrogen-bond acceptors (Lipinski definition) is 8. The Balaban J connectivity index is 1.52. The third-order valence-electron chi connectivity index (χ3n) is 5.86. The Kier molecular flexibility index (Phi) is 7.92. The summed E-state index contributed by atoms with van der Waals surface area (Å²) in [7, 11) is 2.98. The Bertz CT molecular complexity index is 1250. The normalized spacial score (nSPS) is 14.8. The fourth-order valence-electron chi connectivity index (χ4n) is 4.17. The summed E-state index contributed by atoms with van der Waals surface area (Å²) >= 11 is 2.75. The SMILES string of the molecule is C=CCn1c(SCC(=O)Nc2sc3c(c2C(=O)OC)CCC(C)C3)nnc1-c1ccccc1OC. The van der Waals surface area contributed by atoms with E-state index < -0.39 is 5.97 Å². The van der Waals surface area contributed by atoms with Gasteiger partial charge in [0.1, 0.15) is 10.8 Å². The molecule has 4 rings (SSSR count). The Morgan fingerprint density at radius 1 is 1.31 bits per heavy atom. The number of rotatable bonds is 9. The fourth-order valence-corrected chi connectivity index (χ4v) is 6.33. The number of carbonyl (C=O) groups excluding carboxylic acids is 2. The molecule has 1 atom stereocenters. The molecule has 0 aliphatic heterocycles. The largest absolute Gasteiger partial charge is 0.496 e. The van der Waals surface area contributed by atoms with Crippen molar-refractivity contribution < 1.29 is 19.1 Å². The van der Waals surface area contributed by atoms with E-state index in [9.17, 15) is 9.59 Å². The standard InChI is InChI=1S/C25H28N4O4S2/c1-5-12-29-22(16-8-6-7-9-18(16)32-3)27-28-25(29)34-14-20(30)26-23-21(24(31)33-4)17-11-10-15(2)13-19(17)35-23/h5-9,15H,1,10-14H2,2-4H3,(H,26,30). The minimum Gasteiger partial charge on any atom is -0.496 e. The molecule has 0 saturated carbocycles. The predicted octanol–water partition coefficient (Wildman–Crippen LogP) is 4.84. The Morgan fingerprint density at radius 3 is 2.86 bits per heavy atom. The number of aromatic nitrogens is 3. The van der Waals surface area contributed by atoms with Gasteiger partial charge >= 0.3 is 5.97 Å². The second-order valence-corrected chi connectivity index (χ2v) is 10.3. The molecule has 1 aromatic carbocycles. The number of thioether (sulfide) groups is 1. The number of para-hydroxylation sites is 1. The van der Waals surface area contributed by atoms with Gasteiger partial charge in [0.25, 0.3) is 0 Å². The maximum atomic E-state index is 12.9. The van der Waals surface area contributed by atoms with Crippen molar-refractivity contribution in [3.8, 4) is 17.1 Å². The van der Waals surface area contributed by atoms with E-state index in [1.165, 1.54) is 30.2 Å². The summed E-state index contributed by atoms with van der Waals surface area (Å²) in [5, 5.41) is 12.7. The third kappa shape index (κ3) is 5.28. The van der Waals surface area contributed by atoms with Gasteiger partial charge in [-0.2, -0.15) is 0 Å². The molecule has 2 aromatic heterocycles. The first-order valence-corrected chi connectivity index (χ1v) is 13.1. The van der Waals surface area contributed by atoms with E-state index in [-0.39, 0.29) is 11.7 Å². The van der Waals surface area contributed by atoms with Gasteiger partial charge in [-0.15, -0.1) is 28.1 Å². The minimum absolute atomic E-state index is 0.112. The Hall–Kier alpha value is -3.11. The molecule has 8 nitrogen and oxygen atoms in total. The highest BCUT2D eigenvalue weighted by atomic mass is 32.2. The van der Waals surface area contributed by atoms with Crippen LogP contribution in [0.1, 0.15) is 34.1 Å². The number of amides is 1. The van der Waals surface area contributed by atoms with Crippen LogP contribution < -0.4 is 10.1 Å². The van der Waals surface area contributed by atoms with Crippen molar-refractivity contribution in [3.05, 3.63) is 52.9 Å². The summed E-state index contributed by atoms with van der Waals surface area (Å²) in [6, 6.07) is 7.58. The van der Waals surface area contributed by atoms with Gasteiger partial charge in [-0.3, -0.25) is 9.36 Å². The zero-order chi connectivity index (χ0) is 24.9. The maximum absolute atomic E-state index is 12.9. The van der Waals surface area contributed by atoms with Gasteiger partial charge in [-0.25, -0.2) is 4.79 Å². The highest BCUT2D eigenvalue weighted by Gasteiger charge is 2.29. The minimum atomic E-state index is -0.410. The van der Waals surface area contributed by atoms with Gasteiger partial charge < -0.3 is 14.8 Å². The van der Waals surface area contributed by atoms with Crippen LogP contribution in [0.15, 0.2) is 42.1 Å². The average Bonchev–Trinajstić information content (AvgIpc) is 3.42. The Labute approximate surface area is 212 Å². The third-order valence-corrected chi connectivity index (χ3v) is 8.00. The number of fused-ring (bicyclic) bond motifs is 1. The number of carbonyl (C=O) groups is 2. The van der Waals surface area contributed by atoms with E-state index in [4.69, 9.17) is 9.47 Å². The average molecular weight is 513 g/mol. The van der Waals surface area contributed by atoms with Crippen LogP contribution in [0.5, 0.6) is 5.75 Å². The molecule has 10 heteroatoms. The summed E-state index contributed by atoms with van der Waals surface area (Å²) in [5.74, 6) is 1.36. The van der Waals surface area contributed by atoms with Crippen molar-refractivity contribution in [2.24, 2.45) is 5.92 Å². The first kappa shape index (κ1) is 25.0. The van der Waals surface area contributed by atoms with Crippen LogP contribution in [-0.2, 0) is 28.9 Å². The van der Waals surface area contributed by atoms with E-state index in [1.807, 2.05) is 28.8 Å². The van der Waals surface area contributed by atoms with Gasteiger partial charge in [0, 0.05) is 11.4 Å². The number of nitrogens with one attached hydrogen (secondary N) is 1. The van der Waals surface area contributed by atoms with Crippen molar-refractivity contribution in [2.75, 3.05) is 25.3 Å². The van der Waals surface area contributed by atoms with Gasteiger partial charge in [-0.1, -0.05) is 36.9 Å². The van der Waals surface area contributed by atoms with Crippen LogP contribution in [0.3, 0.4) is 0 Å². The molecule has 0 radical (unpaired) electrons. The van der Waals surface area contributed by atoms with Gasteiger partial charge in [-0.05, 0) is 42.9 Å². The maximum Gasteiger partial charge on any atom is 0.341 e. The van der Waals surface area contributed by atoms with Crippen molar-refractivity contribution >= 4 is 40.0 Å². The lowest BCUT2D eigenvalue weighted by Crippen LogP contribution is -2.17. The van der Waals surface area contributed by atoms with E-state index in [2.05, 4.69) is 29.0 Å². The zero-order valence-electron chi connectivity index (χ0n) is 20.0. The monoisotopic (exact) mass is 512 g/mol. The molecule has 35 heavy (non-hydrogen) atoms. The highest BCUT2D eigenvalue weighted by molar-refractivity contribution is 7.99. The van der Waals surface area contributed by atoms with Gasteiger partial charge in [0.15, 0.2) is 11.0 Å². The van der Waals surface area contributed by atoms with E-state index in [0.29, 0.717) is 39.8 Å². The number of anilines is 1. The quantitative estimate of drug-likeness (QED) is 0.249. The fraction of sp³-hybridized carbons (Fsp3) is 0.360. The van der Waals surface area contributed by atoms with Crippen molar-refractivity contribution in [1.82, 2.24) is 14.8 Å². The van der Waals surface area contributed by atoms with Crippen molar-refractivity contribution in [2.45, 2.75) is 37.9 Å². The van der Waals surface area contributed by atoms with E-state index >= 15 is 0 Å². The Morgan fingerprint density at radius 2 is 2.11 bits per heavy atom. The summed E-state index contributed by atoms with van der Waals surface area (Å²) < 4.78 is 12.4. The summed E-state index contributed by atoms with van der Waals surface area (Å²) in [4.78, 5) is 26.6. The van der Waals surface area contributed by atoms with Crippen LogP contribution >= 0.6 is 23.1 Å². The van der Waals surface area contributed by atoms with Crippen LogP contribution in [0.2, 0.25) is 0 Å². The van der Waals surface area contributed by atoms with E-state index in [0.717, 1.165) is 35.3 Å². The molecule has 1 amide bonds. The van der Waals surface area contributed by atoms with Crippen LogP contribution in [0.4, 0.5) is 5.00 Å². The molecule has 0 saturated heterocycles. The summed E-state index contributed by atoms with van der Waals surface area (Å²) in [6.07, 6.45) is 4.50. The molecule has 0 bridgehead atoms. The molecule has 0 fully saturated rings. The number of esters is 1. The molecular formula is C25H28N4O4S2. The molecule has 1 aliphatic carbocycles. The van der Waals surface area contributed by atoms with E-state index in [1.54, 1.807) is 13.2 Å². The first-order valence-electron chi connectivity index (χ1n) is 11.3. The number of ether oxygens (including phenoxy) is 2. The number of methoxy groups -OCH3 is 2. The highest BCUT2D eigenvalue weighted by Crippen LogP contribution is 2.40. The van der Waals surface area contributed by atoms with Crippen molar-refractivity contribution in [1.29, 1.82) is 0 Å². The number of allylic oxidation sites excluding steroid dienone is 1. The first-order chi connectivity index (χ1) is 17.0. The molecule has 2 heterocycles. The second kappa shape index (κ2) is 11.1. The molecule has 1 unspecified atom stereocenters. The topological polar surface area (TPSA) is 95.3 Å². The molecule has 0 spiro atoms. The van der Waals surface area contributed by atoms with Crippen LogP contribution in [0, 0.1) is 5.92 Å². The van der Waals surface area contributed by atoms with Crippen LogP contribution in [0.25, 0.3) is 11.4 Å². The van der Waals surface area contributed by atoms with Crippen molar-refractivity contribution in [3.63, 3.8) is 0 Å². The summed E-state index contributed by atoms with van der Waals surface area (Å²) in [6.45, 7) is 6.52. The number of hydrogen-bond donors (Lipinski definition) is 1. The predicted molar refractivity (Wildman–Crippen MR) is 138 cm³/mol. The van der Waals surface area contributed by atoms with Crippen LogP contribution in [-0.4, -0.2) is 46.6 Å². The molecule has 1 aliphatic rings. The molecule has 3 aromatic rings. The lowest BCUT2D eigenvalue weighted by Gasteiger charge is -2.18. The molecule has 1 N–H and O–H groups in total. The molecular weight excluding hydrogens is 484 g/mol.